The third-order valence-corrected chi connectivity index (χ3v) is 10.2. The molecule has 0 saturated carbocycles. The van der Waals surface area contributed by atoms with Crippen LogP contribution >= 0.6 is 0 Å². The second kappa shape index (κ2) is 8.74. The monoisotopic (exact) mass is 501 g/mol. The van der Waals surface area contributed by atoms with E-state index in [0.29, 0.717) is 24.2 Å². The number of nitriles is 1. The number of halogens is 1. The number of aryl methyl sites for hydroxylation is 2. The molecule has 3 saturated heterocycles. The van der Waals surface area contributed by atoms with Gasteiger partial charge in [-0.1, -0.05) is 6.07 Å². The quantitative estimate of drug-likeness (QED) is 0.613. The molecular formula is C30H36FN5O. The number of nitrogens with zero attached hydrogens (tertiary/aromatic N) is 4. The molecule has 7 rings (SSSR count). The van der Waals surface area contributed by atoms with Crippen molar-refractivity contribution in [2.24, 2.45) is 0 Å². The second-order valence-electron chi connectivity index (χ2n) is 12.2. The van der Waals surface area contributed by atoms with Gasteiger partial charge in [0, 0.05) is 41.7 Å². The van der Waals surface area contributed by atoms with Crippen molar-refractivity contribution in [1.29, 1.82) is 5.26 Å². The predicted octanol–water partition coefficient (Wildman–Crippen LogP) is 4.66. The highest BCUT2D eigenvalue weighted by molar-refractivity contribution is 5.63. The first-order valence-electron chi connectivity index (χ1n) is 14.2. The maximum atomic E-state index is 14.4. The molecule has 0 bridgehead atoms. The van der Waals surface area contributed by atoms with Crippen molar-refractivity contribution in [2.75, 3.05) is 25.4 Å². The molecule has 1 aromatic carbocycles. The molecule has 3 fully saturated rings. The zero-order valence-electron chi connectivity index (χ0n) is 21.6. The van der Waals surface area contributed by atoms with Crippen LogP contribution in [0.25, 0.3) is 0 Å². The first kappa shape index (κ1) is 23.5. The number of alkyl halides is 1. The summed E-state index contributed by atoms with van der Waals surface area (Å²) in [4.78, 5) is 12.7. The van der Waals surface area contributed by atoms with E-state index in [0.717, 1.165) is 101 Å². The maximum Gasteiger partial charge on any atom is 0.129 e. The summed E-state index contributed by atoms with van der Waals surface area (Å²) in [5, 5.41) is 10.0. The van der Waals surface area contributed by atoms with E-state index >= 15 is 0 Å². The van der Waals surface area contributed by atoms with Gasteiger partial charge in [0.1, 0.15) is 24.2 Å². The molecule has 0 amide bonds. The number of hydrogen-bond donors (Lipinski definition) is 1. The fourth-order valence-electron chi connectivity index (χ4n) is 8.35. The van der Waals surface area contributed by atoms with Crippen LogP contribution in [0.1, 0.15) is 96.9 Å². The van der Waals surface area contributed by atoms with E-state index in [1.165, 1.54) is 16.7 Å². The summed E-state index contributed by atoms with van der Waals surface area (Å²) in [6, 6.07) is 6.47. The van der Waals surface area contributed by atoms with Crippen LogP contribution in [0.15, 0.2) is 12.1 Å². The molecule has 194 valence electrons. The molecule has 4 atom stereocenters. The number of anilines is 1. The van der Waals surface area contributed by atoms with E-state index in [1.807, 2.05) is 6.07 Å². The van der Waals surface area contributed by atoms with Gasteiger partial charge in [0.25, 0.3) is 0 Å². The highest BCUT2D eigenvalue weighted by Crippen LogP contribution is 2.50. The van der Waals surface area contributed by atoms with E-state index in [4.69, 9.17) is 20.4 Å². The molecule has 4 unspecified atom stereocenters. The largest absolute Gasteiger partial charge is 0.398 e. The van der Waals surface area contributed by atoms with E-state index in [9.17, 15) is 9.65 Å². The van der Waals surface area contributed by atoms with E-state index < -0.39 is 6.17 Å². The SMILES string of the molecule is N#Cc1c(N)ccc2c1C1(CCC2)CCc2c(nc(CCC34CCCN3CC(F)C4)nc2C2CCO2)C1. The molecule has 6 nitrogen and oxygen atoms in total. The van der Waals surface area contributed by atoms with Gasteiger partial charge in [0.15, 0.2) is 0 Å². The lowest BCUT2D eigenvalue weighted by atomic mass is 9.60. The Morgan fingerprint density at radius 2 is 2.08 bits per heavy atom. The van der Waals surface area contributed by atoms with Crippen LogP contribution in [0.5, 0.6) is 0 Å². The number of fused-ring (bicyclic) bond motifs is 4. The maximum absolute atomic E-state index is 14.4. The molecule has 7 heteroatoms. The van der Waals surface area contributed by atoms with E-state index in [1.54, 1.807) is 0 Å². The number of benzene rings is 1. The van der Waals surface area contributed by atoms with Crippen LogP contribution in [0.4, 0.5) is 10.1 Å². The molecular weight excluding hydrogens is 465 g/mol. The first-order chi connectivity index (χ1) is 18.0. The smallest absolute Gasteiger partial charge is 0.129 e. The predicted molar refractivity (Wildman–Crippen MR) is 139 cm³/mol. The van der Waals surface area contributed by atoms with Crippen LogP contribution in [-0.2, 0) is 35.8 Å². The fraction of sp³-hybridized carbons (Fsp3) is 0.633. The molecule has 2 N–H and O–H groups in total. The lowest BCUT2D eigenvalue weighted by Crippen LogP contribution is -2.40. The normalized spacial score (nSPS) is 32.4. The number of ether oxygens (including phenoxy) is 1. The Morgan fingerprint density at radius 3 is 2.89 bits per heavy atom. The Balaban J connectivity index is 1.25. The Bertz CT molecular complexity index is 1290. The summed E-state index contributed by atoms with van der Waals surface area (Å²) in [7, 11) is 0. The number of aromatic nitrogens is 2. The van der Waals surface area contributed by atoms with Gasteiger partial charge in [-0.3, -0.25) is 4.90 Å². The summed E-state index contributed by atoms with van der Waals surface area (Å²) in [5.74, 6) is 0.883. The highest BCUT2D eigenvalue weighted by Gasteiger charge is 2.48. The number of hydrogen-bond acceptors (Lipinski definition) is 6. The molecule has 1 spiro atoms. The van der Waals surface area contributed by atoms with Crippen molar-refractivity contribution in [3.63, 3.8) is 0 Å². The summed E-state index contributed by atoms with van der Waals surface area (Å²) in [5.41, 5.74) is 13.4. The van der Waals surface area contributed by atoms with Crippen molar-refractivity contribution in [3.8, 4) is 6.07 Å². The van der Waals surface area contributed by atoms with Crippen LogP contribution in [0.2, 0.25) is 0 Å². The first-order valence-corrected chi connectivity index (χ1v) is 14.2. The summed E-state index contributed by atoms with van der Waals surface area (Å²) >= 11 is 0. The van der Waals surface area contributed by atoms with Gasteiger partial charge in [-0.15, -0.1) is 0 Å². The Morgan fingerprint density at radius 1 is 1.19 bits per heavy atom. The summed E-state index contributed by atoms with van der Waals surface area (Å²) in [6.07, 6.45) is 10.8. The third kappa shape index (κ3) is 3.71. The van der Waals surface area contributed by atoms with Gasteiger partial charge in [0.2, 0.25) is 0 Å². The Hall–Kier alpha value is -2.56. The summed E-state index contributed by atoms with van der Waals surface area (Å²) < 4.78 is 20.3. The average Bonchev–Trinajstić information content (AvgIpc) is 3.37. The lowest BCUT2D eigenvalue weighted by molar-refractivity contribution is -0.0562. The van der Waals surface area contributed by atoms with Crippen LogP contribution in [0, 0.1) is 11.3 Å². The average molecular weight is 502 g/mol. The van der Waals surface area contributed by atoms with Crippen molar-refractivity contribution in [1.82, 2.24) is 14.9 Å². The van der Waals surface area contributed by atoms with Gasteiger partial charge in [-0.25, -0.2) is 14.4 Å². The van der Waals surface area contributed by atoms with Crippen molar-refractivity contribution < 1.29 is 9.13 Å². The molecule has 2 aliphatic carbocycles. The molecule has 5 aliphatic rings. The van der Waals surface area contributed by atoms with Gasteiger partial charge in [-0.05, 0) is 93.5 Å². The third-order valence-electron chi connectivity index (χ3n) is 10.2. The molecule has 0 radical (unpaired) electrons. The van der Waals surface area contributed by atoms with Crippen molar-refractivity contribution in [2.45, 2.75) is 100 Å². The zero-order valence-corrected chi connectivity index (χ0v) is 21.6. The zero-order chi connectivity index (χ0) is 25.2. The van der Waals surface area contributed by atoms with Crippen molar-refractivity contribution >= 4 is 5.69 Å². The molecule has 2 aromatic rings. The highest BCUT2D eigenvalue weighted by atomic mass is 19.1. The van der Waals surface area contributed by atoms with Gasteiger partial charge in [-0.2, -0.15) is 5.26 Å². The van der Waals surface area contributed by atoms with Crippen LogP contribution < -0.4 is 5.73 Å². The number of nitrogen functional groups attached to an aromatic ring is 1. The number of nitrogens with two attached hydrogens (primary N) is 1. The second-order valence-corrected chi connectivity index (χ2v) is 12.2. The Labute approximate surface area is 218 Å². The minimum Gasteiger partial charge on any atom is -0.398 e. The van der Waals surface area contributed by atoms with Gasteiger partial charge >= 0.3 is 0 Å². The molecule has 37 heavy (non-hydrogen) atoms. The fourth-order valence-corrected chi connectivity index (χ4v) is 8.35. The number of rotatable bonds is 4. The van der Waals surface area contributed by atoms with Crippen LogP contribution in [0.3, 0.4) is 0 Å². The van der Waals surface area contributed by atoms with Gasteiger partial charge < -0.3 is 10.5 Å². The van der Waals surface area contributed by atoms with Crippen LogP contribution in [-0.4, -0.2) is 46.3 Å². The van der Waals surface area contributed by atoms with Crippen molar-refractivity contribution in [3.05, 3.63) is 51.6 Å². The topological polar surface area (TPSA) is 88.1 Å². The lowest BCUT2D eigenvalue weighted by Gasteiger charge is -2.44. The van der Waals surface area contributed by atoms with E-state index in [-0.39, 0.29) is 17.1 Å². The minimum absolute atomic E-state index is 0.0193. The minimum atomic E-state index is -0.711. The van der Waals surface area contributed by atoms with E-state index in [2.05, 4.69) is 17.0 Å². The molecule has 4 heterocycles. The molecule has 3 aliphatic heterocycles. The Kier molecular flexibility index (Phi) is 5.57. The molecule has 1 aromatic heterocycles. The summed E-state index contributed by atoms with van der Waals surface area (Å²) in [6.45, 7) is 2.38. The standard InChI is InChI=1S/C30H36FN5O/c31-20-15-30(10-2-13-36(30)18-20)12-7-26-34-24-16-29(11-6-21(24)28(35-26)25-8-14-37-25)9-1-3-19-4-5-23(33)22(17-32)27(19)29/h4-5,20,25H,1-3,6-16,18,33H2. The van der Waals surface area contributed by atoms with Gasteiger partial charge in [0.05, 0.1) is 17.9 Å².